The predicted octanol–water partition coefficient (Wildman–Crippen LogP) is 4.18. The van der Waals surface area contributed by atoms with Gasteiger partial charge in [-0.05, 0) is 43.7 Å². The van der Waals surface area contributed by atoms with Gasteiger partial charge in [0.2, 0.25) is 0 Å². The van der Waals surface area contributed by atoms with Crippen molar-refractivity contribution in [3.8, 4) is 22.9 Å². The number of aromatic nitrogens is 2. The van der Waals surface area contributed by atoms with Crippen molar-refractivity contribution < 1.29 is 23.7 Å². The molecule has 0 atom stereocenters. The molecule has 3 aromatic rings. The standard InChI is InChI=1S/C27H32N4O5/c1-4-35-24-23(27(32)36-5-2)29-25(30-26(24)31-13-15-34-16-14-31)21-12-11-19(17-22(21)33-3)18-28-20-9-7-6-8-10-20/h6-12,17,28H,4-5,13-16,18H2,1-3H3. The van der Waals surface area contributed by atoms with Crippen LogP contribution in [0, 0.1) is 0 Å². The second-order valence-corrected chi connectivity index (χ2v) is 8.06. The van der Waals surface area contributed by atoms with Gasteiger partial charge < -0.3 is 29.2 Å². The molecule has 0 bridgehead atoms. The van der Waals surface area contributed by atoms with Crippen molar-refractivity contribution in [1.82, 2.24) is 9.97 Å². The molecule has 0 saturated carbocycles. The maximum atomic E-state index is 12.9. The first kappa shape index (κ1) is 25.2. The van der Waals surface area contributed by atoms with Gasteiger partial charge >= 0.3 is 5.97 Å². The molecule has 2 heterocycles. The van der Waals surface area contributed by atoms with E-state index in [-0.39, 0.29) is 12.3 Å². The zero-order valence-corrected chi connectivity index (χ0v) is 21.0. The number of carbonyl (C=O) groups excluding carboxylic acids is 1. The third kappa shape index (κ3) is 5.85. The fourth-order valence-electron chi connectivity index (χ4n) is 3.95. The number of hydrogen-bond donors (Lipinski definition) is 1. The second-order valence-electron chi connectivity index (χ2n) is 8.06. The summed E-state index contributed by atoms with van der Waals surface area (Å²) in [6, 6.07) is 15.8. The summed E-state index contributed by atoms with van der Waals surface area (Å²) in [5.74, 6) is 1.28. The Hall–Kier alpha value is -3.85. The highest BCUT2D eigenvalue weighted by Gasteiger charge is 2.28. The Morgan fingerprint density at radius 2 is 1.83 bits per heavy atom. The third-order valence-corrected chi connectivity index (χ3v) is 5.69. The fraction of sp³-hybridized carbons (Fsp3) is 0.370. The van der Waals surface area contributed by atoms with Crippen LogP contribution in [0.25, 0.3) is 11.4 Å². The molecule has 1 aromatic heterocycles. The number of anilines is 2. The Labute approximate surface area is 211 Å². The number of morpholine rings is 1. The molecule has 9 heteroatoms. The molecule has 1 saturated heterocycles. The predicted molar refractivity (Wildman–Crippen MR) is 138 cm³/mol. The highest BCUT2D eigenvalue weighted by atomic mass is 16.5. The molecule has 0 unspecified atom stereocenters. The average molecular weight is 493 g/mol. The van der Waals surface area contributed by atoms with E-state index in [0.29, 0.717) is 68.2 Å². The molecule has 0 radical (unpaired) electrons. The number of methoxy groups -OCH3 is 1. The molecule has 1 aliphatic rings. The topological polar surface area (TPSA) is 95.0 Å². The molecule has 2 aromatic carbocycles. The number of benzene rings is 2. The van der Waals surface area contributed by atoms with Gasteiger partial charge in [0.25, 0.3) is 0 Å². The number of ether oxygens (including phenoxy) is 4. The van der Waals surface area contributed by atoms with E-state index in [1.54, 1.807) is 14.0 Å². The molecule has 190 valence electrons. The summed E-state index contributed by atoms with van der Waals surface area (Å²) in [6.45, 7) is 7.20. The summed E-state index contributed by atoms with van der Waals surface area (Å²) < 4.78 is 22.4. The molecule has 0 spiro atoms. The van der Waals surface area contributed by atoms with Gasteiger partial charge in [-0.1, -0.05) is 24.3 Å². The molecule has 0 aliphatic carbocycles. The van der Waals surface area contributed by atoms with Crippen LogP contribution in [-0.4, -0.2) is 62.6 Å². The van der Waals surface area contributed by atoms with E-state index < -0.39 is 5.97 Å². The Morgan fingerprint density at radius 1 is 1.06 bits per heavy atom. The zero-order valence-electron chi connectivity index (χ0n) is 21.0. The van der Waals surface area contributed by atoms with Crippen molar-refractivity contribution >= 4 is 17.5 Å². The smallest absolute Gasteiger partial charge is 0.361 e. The van der Waals surface area contributed by atoms with Gasteiger partial charge in [-0.25, -0.2) is 14.8 Å². The van der Waals surface area contributed by atoms with Crippen LogP contribution in [0.3, 0.4) is 0 Å². The summed E-state index contributed by atoms with van der Waals surface area (Å²) in [5.41, 5.74) is 2.83. The van der Waals surface area contributed by atoms with Gasteiger partial charge in [0, 0.05) is 25.3 Å². The summed E-state index contributed by atoms with van der Waals surface area (Å²) in [5, 5.41) is 3.40. The fourth-order valence-corrected chi connectivity index (χ4v) is 3.95. The minimum atomic E-state index is -0.554. The van der Waals surface area contributed by atoms with Crippen molar-refractivity contribution in [2.75, 3.05) is 56.8 Å². The lowest BCUT2D eigenvalue weighted by atomic mass is 10.1. The molecule has 4 rings (SSSR count). The Kier molecular flexibility index (Phi) is 8.57. The maximum Gasteiger partial charge on any atom is 0.361 e. The van der Waals surface area contributed by atoms with Crippen LogP contribution < -0.4 is 19.7 Å². The van der Waals surface area contributed by atoms with Crippen LogP contribution in [0.15, 0.2) is 48.5 Å². The SMILES string of the molecule is CCOC(=O)c1nc(-c2ccc(CNc3ccccc3)cc2OC)nc(N2CCOCC2)c1OCC. The molecule has 36 heavy (non-hydrogen) atoms. The molecule has 9 nitrogen and oxygen atoms in total. The average Bonchev–Trinajstić information content (AvgIpc) is 2.93. The number of nitrogens with zero attached hydrogens (tertiary/aromatic N) is 3. The molecule has 1 aliphatic heterocycles. The first-order valence-corrected chi connectivity index (χ1v) is 12.1. The summed E-state index contributed by atoms with van der Waals surface area (Å²) in [6.07, 6.45) is 0. The first-order chi connectivity index (χ1) is 17.6. The van der Waals surface area contributed by atoms with Crippen LogP contribution in [0.5, 0.6) is 11.5 Å². The van der Waals surface area contributed by atoms with E-state index in [1.807, 2.05) is 60.4 Å². The van der Waals surface area contributed by atoms with Crippen LogP contribution >= 0.6 is 0 Å². The van der Waals surface area contributed by atoms with E-state index >= 15 is 0 Å². The number of rotatable bonds is 10. The zero-order chi connectivity index (χ0) is 25.3. The third-order valence-electron chi connectivity index (χ3n) is 5.69. The summed E-state index contributed by atoms with van der Waals surface area (Å²) in [4.78, 5) is 24.4. The van der Waals surface area contributed by atoms with E-state index in [9.17, 15) is 4.79 Å². The second kappa shape index (κ2) is 12.2. The van der Waals surface area contributed by atoms with Crippen molar-refractivity contribution in [2.45, 2.75) is 20.4 Å². The Bertz CT molecular complexity index is 1170. The highest BCUT2D eigenvalue weighted by Crippen LogP contribution is 2.36. The maximum absolute atomic E-state index is 12.9. The van der Waals surface area contributed by atoms with E-state index in [2.05, 4.69) is 10.3 Å². The minimum Gasteiger partial charge on any atom is -0.496 e. The lowest BCUT2D eigenvalue weighted by Gasteiger charge is -2.30. The van der Waals surface area contributed by atoms with Crippen LogP contribution in [0.1, 0.15) is 29.9 Å². The van der Waals surface area contributed by atoms with E-state index in [1.165, 1.54) is 0 Å². The van der Waals surface area contributed by atoms with Gasteiger partial charge in [-0.2, -0.15) is 0 Å². The lowest BCUT2D eigenvalue weighted by Crippen LogP contribution is -2.37. The van der Waals surface area contributed by atoms with Gasteiger partial charge in [0.15, 0.2) is 23.1 Å². The highest BCUT2D eigenvalue weighted by molar-refractivity contribution is 5.93. The molecule has 1 N–H and O–H groups in total. The normalized spacial score (nSPS) is 13.2. The molecular formula is C27H32N4O5. The minimum absolute atomic E-state index is 0.0991. The number of carbonyl (C=O) groups is 1. The Morgan fingerprint density at radius 3 is 2.53 bits per heavy atom. The monoisotopic (exact) mass is 492 g/mol. The van der Waals surface area contributed by atoms with Crippen molar-refractivity contribution in [3.63, 3.8) is 0 Å². The van der Waals surface area contributed by atoms with Gasteiger partial charge in [0.1, 0.15) is 5.75 Å². The van der Waals surface area contributed by atoms with Gasteiger partial charge in [0.05, 0.1) is 39.1 Å². The molecule has 0 amide bonds. The number of hydrogen-bond acceptors (Lipinski definition) is 9. The number of nitrogens with one attached hydrogen (secondary N) is 1. The van der Waals surface area contributed by atoms with Crippen LogP contribution in [0.2, 0.25) is 0 Å². The lowest BCUT2D eigenvalue weighted by molar-refractivity contribution is 0.0514. The Balaban J connectivity index is 1.74. The largest absolute Gasteiger partial charge is 0.496 e. The van der Waals surface area contributed by atoms with E-state index in [0.717, 1.165) is 11.3 Å². The van der Waals surface area contributed by atoms with Crippen molar-refractivity contribution in [3.05, 3.63) is 59.8 Å². The number of para-hydroxylation sites is 1. The summed E-state index contributed by atoms with van der Waals surface area (Å²) >= 11 is 0. The van der Waals surface area contributed by atoms with Crippen molar-refractivity contribution in [2.24, 2.45) is 0 Å². The van der Waals surface area contributed by atoms with Crippen molar-refractivity contribution in [1.29, 1.82) is 0 Å². The van der Waals surface area contributed by atoms with Gasteiger partial charge in [-0.3, -0.25) is 0 Å². The molecular weight excluding hydrogens is 460 g/mol. The van der Waals surface area contributed by atoms with E-state index in [4.69, 9.17) is 23.9 Å². The van der Waals surface area contributed by atoms with Gasteiger partial charge in [-0.15, -0.1) is 0 Å². The first-order valence-electron chi connectivity index (χ1n) is 12.1. The van der Waals surface area contributed by atoms with Crippen LogP contribution in [0.4, 0.5) is 11.5 Å². The number of esters is 1. The molecule has 1 fully saturated rings. The quantitative estimate of drug-likeness (QED) is 0.418. The van der Waals surface area contributed by atoms with Crippen LogP contribution in [-0.2, 0) is 16.0 Å². The summed E-state index contributed by atoms with van der Waals surface area (Å²) in [7, 11) is 1.61.